The Morgan fingerprint density at radius 2 is 0.627 bits per heavy atom. The molecule has 292 valence electrons. The Morgan fingerprint density at radius 1 is 0.339 bits per heavy atom. The van der Waals surface area contributed by atoms with Crippen LogP contribution in [-0.4, -0.2) is 5.90 Å². The molecule has 10 rings (SSSR count). The standard InChI is InChI=1S/C25H22P2.2C14H7S.2Au/c1-5-13-22(14-6-1)26(23-15-7-2-8-16-23)21-27(24-17-9-3-10-18-24)25-19-11-4-12-20-25;2*1-2-10-6-5-9-13-14(10)11-7-3-4-8-12(11)15-13;;/h1-20H,21H2;2*3-9H;;/q;2*-1;2*+1/p+2. The van der Waals surface area contributed by atoms with E-state index >= 15 is 0 Å². The summed E-state index contributed by atoms with van der Waals surface area (Å²) in [6, 6.07) is 73.1. The van der Waals surface area contributed by atoms with E-state index in [9.17, 15) is 0 Å². The molecule has 2 aromatic heterocycles. The van der Waals surface area contributed by atoms with Crippen LogP contribution in [0.25, 0.3) is 40.3 Å². The average molecular weight is 1190 g/mol. The molecule has 0 spiro atoms. The molecule has 0 aliphatic rings. The Morgan fingerprint density at radius 3 is 0.949 bits per heavy atom. The molecule has 0 saturated heterocycles. The van der Waals surface area contributed by atoms with Crippen molar-refractivity contribution in [1.82, 2.24) is 0 Å². The van der Waals surface area contributed by atoms with E-state index in [0.717, 1.165) is 21.9 Å². The molecule has 0 nitrogen and oxygen atoms in total. The van der Waals surface area contributed by atoms with Crippen LogP contribution in [0.2, 0.25) is 0 Å². The van der Waals surface area contributed by atoms with E-state index in [-0.39, 0.29) is 44.8 Å². The molecule has 0 unspecified atom stereocenters. The van der Waals surface area contributed by atoms with E-state index in [4.69, 9.17) is 12.8 Å². The molecule has 0 aliphatic heterocycles. The van der Waals surface area contributed by atoms with E-state index < -0.39 is 15.8 Å². The van der Waals surface area contributed by atoms with Crippen LogP contribution in [0.15, 0.2) is 206 Å². The van der Waals surface area contributed by atoms with Gasteiger partial charge in [-0.25, -0.2) is 0 Å². The number of fused-ring (bicyclic) bond motifs is 6. The van der Waals surface area contributed by atoms with Crippen LogP contribution in [0.3, 0.4) is 0 Å². The first kappa shape index (κ1) is 44.2. The first-order valence-corrected chi connectivity index (χ1v) is 23.9. The van der Waals surface area contributed by atoms with Gasteiger partial charge in [0.1, 0.15) is 37.1 Å². The third-order valence-electron chi connectivity index (χ3n) is 9.92. The Kier molecular flexibility index (Phi) is 16.3. The fraction of sp³-hybridized carbons (Fsp3) is 0.0189. The van der Waals surface area contributed by atoms with Crippen LogP contribution in [0.5, 0.6) is 0 Å². The van der Waals surface area contributed by atoms with Gasteiger partial charge in [0, 0.05) is 18.8 Å². The summed E-state index contributed by atoms with van der Waals surface area (Å²) in [6.07, 6.45) is 14.6. The normalized spacial score (nSPS) is 10.4. The van der Waals surface area contributed by atoms with Crippen LogP contribution in [0.1, 0.15) is 11.1 Å². The van der Waals surface area contributed by atoms with Crippen molar-refractivity contribution in [3.63, 3.8) is 0 Å². The van der Waals surface area contributed by atoms with E-state index in [0.29, 0.717) is 0 Å². The van der Waals surface area contributed by atoms with Gasteiger partial charge in [0.05, 0.1) is 0 Å². The van der Waals surface area contributed by atoms with Crippen LogP contribution in [-0.2, 0) is 44.8 Å². The van der Waals surface area contributed by atoms with Crippen LogP contribution >= 0.6 is 38.5 Å². The number of hydrogen-bond acceptors (Lipinski definition) is 2. The molecule has 0 radical (unpaired) electrons. The molecular weight excluding hydrogens is 1160 g/mol. The molecular formula is C53H38Au2P2S2+2. The number of rotatable bonds is 6. The third kappa shape index (κ3) is 10.3. The fourth-order valence-corrected chi connectivity index (χ4v) is 17.2. The molecule has 10 aromatic rings. The summed E-state index contributed by atoms with van der Waals surface area (Å²) >= 11 is 3.54. The predicted molar refractivity (Wildman–Crippen MR) is 257 cm³/mol. The van der Waals surface area contributed by atoms with Crippen molar-refractivity contribution < 1.29 is 44.8 Å². The summed E-state index contributed by atoms with van der Waals surface area (Å²) in [5, 5.41) is 10.8. The molecule has 0 amide bonds. The second-order valence-corrected chi connectivity index (χ2v) is 21.2. The zero-order valence-electron chi connectivity index (χ0n) is 31.8. The van der Waals surface area contributed by atoms with Crippen molar-refractivity contribution in [3.8, 4) is 11.8 Å². The van der Waals surface area contributed by atoms with Gasteiger partial charge in [-0.2, -0.15) is 0 Å². The Labute approximate surface area is 389 Å². The molecule has 0 fully saturated rings. The van der Waals surface area contributed by atoms with Crippen molar-refractivity contribution in [2.75, 3.05) is 5.90 Å². The van der Waals surface area contributed by atoms with Gasteiger partial charge in [0.2, 0.25) is 0 Å². The first-order chi connectivity index (χ1) is 28.2. The van der Waals surface area contributed by atoms with E-state index in [1.165, 1.54) is 56.7 Å². The molecule has 0 aliphatic carbocycles. The molecule has 59 heavy (non-hydrogen) atoms. The molecule has 8 aromatic carbocycles. The molecule has 0 N–H and O–H groups in total. The van der Waals surface area contributed by atoms with Gasteiger partial charge < -0.3 is 12.8 Å². The maximum atomic E-state index is 7.29. The van der Waals surface area contributed by atoms with E-state index in [2.05, 4.69) is 170 Å². The number of benzene rings is 8. The molecule has 0 bridgehead atoms. The average Bonchev–Trinajstić information content (AvgIpc) is 3.87. The molecule has 2 heterocycles. The molecule has 0 atom stereocenters. The van der Waals surface area contributed by atoms with Crippen LogP contribution < -0.4 is 21.2 Å². The van der Waals surface area contributed by atoms with Crippen molar-refractivity contribution >= 4 is 100 Å². The van der Waals surface area contributed by atoms with Gasteiger partial charge in [-0.1, -0.05) is 132 Å². The van der Waals surface area contributed by atoms with Crippen molar-refractivity contribution in [2.45, 2.75) is 0 Å². The summed E-state index contributed by atoms with van der Waals surface area (Å²) in [4.78, 5) is 0. The number of hydrogen-bond donors (Lipinski definition) is 0. The van der Waals surface area contributed by atoms with Crippen LogP contribution in [0, 0.1) is 24.7 Å². The van der Waals surface area contributed by atoms with Gasteiger partial charge in [0.25, 0.3) is 0 Å². The monoisotopic (exact) mass is 1190 g/mol. The summed E-state index contributed by atoms with van der Waals surface area (Å²) in [7, 11) is -1.69. The summed E-state index contributed by atoms with van der Waals surface area (Å²) in [5.74, 6) is 6.26. The Balaban J connectivity index is 0.000000156. The SMILES string of the molecule is [Au+].[Au+].[C-]#Cc1cccc2sc3ccccc3c12.[C-]#Cc1cccc2sc3ccccc3c12.c1ccc([PH+](C[PH+](c2ccccc2)c2ccccc2)c2ccccc2)cc1. The Hall–Kier alpha value is -4.34. The largest absolute Gasteiger partial charge is 1.00 e. The summed E-state index contributed by atoms with van der Waals surface area (Å²) in [6.45, 7) is 0. The first-order valence-electron chi connectivity index (χ1n) is 18.8. The minimum absolute atomic E-state index is 0. The molecule has 6 heteroatoms. The fourth-order valence-electron chi connectivity index (χ4n) is 7.23. The minimum atomic E-state index is -0.847. The maximum absolute atomic E-state index is 7.29. The second kappa shape index (κ2) is 21.8. The van der Waals surface area contributed by atoms with Crippen molar-refractivity contribution in [3.05, 3.63) is 230 Å². The minimum Gasteiger partial charge on any atom is -0.366 e. The zero-order valence-corrected chi connectivity index (χ0v) is 39.7. The summed E-state index contributed by atoms with van der Waals surface area (Å²) in [5.41, 5.74) is 1.76. The molecule has 0 saturated carbocycles. The van der Waals surface area contributed by atoms with E-state index in [1.54, 1.807) is 22.7 Å². The van der Waals surface area contributed by atoms with Gasteiger partial charge in [0.15, 0.2) is 5.90 Å². The van der Waals surface area contributed by atoms with Crippen LogP contribution in [0.4, 0.5) is 0 Å². The quantitative estimate of drug-likeness (QED) is 0.0674. The van der Waals surface area contributed by atoms with Gasteiger partial charge >= 0.3 is 44.8 Å². The van der Waals surface area contributed by atoms with Gasteiger partial charge in [-0.3, -0.25) is 11.8 Å². The van der Waals surface area contributed by atoms with Crippen molar-refractivity contribution in [1.29, 1.82) is 0 Å². The smallest absolute Gasteiger partial charge is 0.366 e. The van der Waals surface area contributed by atoms with E-state index in [1.807, 2.05) is 48.5 Å². The predicted octanol–water partition coefficient (Wildman–Crippen LogP) is 12.7. The summed E-state index contributed by atoms with van der Waals surface area (Å²) < 4.78 is 5.01. The second-order valence-electron chi connectivity index (χ2n) is 13.4. The topological polar surface area (TPSA) is 0 Å². The van der Waals surface area contributed by atoms with Gasteiger partial charge in [-0.15, -0.1) is 45.9 Å². The van der Waals surface area contributed by atoms with Gasteiger partial charge in [-0.05, 0) is 83.6 Å². The Bertz CT molecular complexity index is 2680. The maximum Gasteiger partial charge on any atom is 1.00 e. The number of thiophene rings is 2. The zero-order chi connectivity index (χ0) is 38.8. The third-order valence-corrected chi connectivity index (χ3v) is 19.1. The van der Waals surface area contributed by atoms with Crippen molar-refractivity contribution in [2.24, 2.45) is 0 Å².